The molecule has 9 heteroatoms. The van der Waals surface area contributed by atoms with E-state index in [4.69, 9.17) is 9.47 Å². The van der Waals surface area contributed by atoms with Crippen molar-refractivity contribution in [1.82, 2.24) is 20.0 Å². The van der Waals surface area contributed by atoms with Gasteiger partial charge in [-0.15, -0.1) is 11.3 Å². The summed E-state index contributed by atoms with van der Waals surface area (Å²) < 4.78 is 10.7. The number of carbonyl (C=O) groups is 2. The molecule has 152 valence electrons. The fraction of sp³-hybridized carbons (Fsp3) is 0.238. The van der Waals surface area contributed by atoms with Crippen LogP contribution in [0.25, 0.3) is 10.6 Å². The normalized spacial score (nSPS) is 14.9. The highest BCUT2D eigenvalue weighted by Gasteiger charge is 2.32. The first-order chi connectivity index (χ1) is 14.7. The summed E-state index contributed by atoms with van der Waals surface area (Å²) in [6.45, 7) is 1.19. The molecule has 2 aliphatic rings. The number of aromatic nitrogens is 2. The van der Waals surface area contributed by atoms with Crippen LogP contribution in [0.1, 0.15) is 22.5 Å². The van der Waals surface area contributed by atoms with Crippen LogP contribution in [0, 0.1) is 0 Å². The predicted molar refractivity (Wildman–Crippen MR) is 109 cm³/mol. The van der Waals surface area contributed by atoms with Crippen LogP contribution in [-0.4, -0.2) is 51.7 Å². The molecule has 30 heavy (non-hydrogen) atoms. The van der Waals surface area contributed by atoms with Crippen molar-refractivity contribution in [2.45, 2.75) is 12.8 Å². The van der Waals surface area contributed by atoms with Gasteiger partial charge in [0.05, 0.1) is 6.42 Å². The number of amides is 2. The van der Waals surface area contributed by atoms with E-state index in [1.807, 2.05) is 24.3 Å². The molecule has 2 aromatic heterocycles. The van der Waals surface area contributed by atoms with Crippen molar-refractivity contribution >= 4 is 23.2 Å². The van der Waals surface area contributed by atoms with Gasteiger partial charge in [-0.05, 0) is 36.2 Å². The van der Waals surface area contributed by atoms with E-state index in [9.17, 15) is 9.59 Å². The molecule has 0 aliphatic carbocycles. The fourth-order valence-corrected chi connectivity index (χ4v) is 4.31. The molecule has 0 saturated carbocycles. The van der Waals surface area contributed by atoms with Crippen LogP contribution in [-0.2, 0) is 11.2 Å². The van der Waals surface area contributed by atoms with Gasteiger partial charge >= 0.3 is 0 Å². The minimum atomic E-state index is -0.266. The lowest BCUT2D eigenvalue weighted by molar-refractivity contribution is -0.139. The van der Waals surface area contributed by atoms with Gasteiger partial charge in [-0.25, -0.2) is 9.99 Å². The minimum absolute atomic E-state index is 0.137. The maximum atomic E-state index is 13.0. The van der Waals surface area contributed by atoms with Crippen molar-refractivity contribution < 1.29 is 19.1 Å². The molecule has 0 bridgehead atoms. The zero-order valence-corrected chi connectivity index (χ0v) is 16.8. The van der Waals surface area contributed by atoms with Gasteiger partial charge in [-0.3, -0.25) is 19.6 Å². The Morgan fingerprint density at radius 3 is 2.83 bits per heavy atom. The topological polar surface area (TPSA) is 84.9 Å². The van der Waals surface area contributed by atoms with Crippen molar-refractivity contribution in [3.8, 4) is 22.1 Å². The molecule has 0 N–H and O–H groups in total. The Morgan fingerprint density at radius 1 is 1.10 bits per heavy atom. The van der Waals surface area contributed by atoms with E-state index in [0.29, 0.717) is 30.3 Å². The Kier molecular flexibility index (Phi) is 4.80. The second-order valence-corrected chi connectivity index (χ2v) is 7.80. The maximum absolute atomic E-state index is 13.0. The summed E-state index contributed by atoms with van der Waals surface area (Å²) in [5.41, 5.74) is 2.01. The number of benzene rings is 1. The number of hydrogen-bond acceptors (Lipinski definition) is 7. The van der Waals surface area contributed by atoms with Gasteiger partial charge in [-0.1, -0.05) is 6.07 Å². The lowest BCUT2D eigenvalue weighted by Gasteiger charge is -2.27. The van der Waals surface area contributed by atoms with E-state index < -0.39 is 0 Å². The SMILES string of the molecule is O=C(Cc1ccc2c(c1)OCO2)N1CCCN1C(=O)c1csc(-c2cccnc2)n1. The lowest BCUT2D eigenvalue weighted by Crippen LogP contribution is -2.45. The van der Waals surface area contributed by atoms with Gasteiger partial charge in [0.25, 0.3) is 5.91 Å². The van der Waals surface area contributed by atoms with Crippen LogP contribution in [0.5, 0.6) is 11.5 Å². The van der Waals surface area contributed by atoms with Crippen LogP contribution in [0.3, 0.4) is 0 Å². The molecule has 1 aromatic carbocycles. The summed E-state index contributed by atoms with van der Waals surface area (Å²) in [7, 11) is 0. The number of hydrazine groups is 1. The van der Waals surface area contributed by atoms with Gasteiger partial charge in [0.15, 0.2) is 11.5 Å². The summed E-state index contributed by atoms with van der Waals surface area (Å²) in [5, 5.41) is 5.47. The quantitative estimate of drug-likeness (QED) is 0.643. The Morgan fingerprint density at radius 2 is 1.97 bits per heavy atom. The fourth-order valence-electron chi connectivity index (χ4n) is 3.53. The number of fused-ring (bicyclic) bond motifs is 1. The van der Waals surface area contributed by atoms with Crippen LogP contribution in [0.4, 0.5) is 0 Å². The molecule has 1 saturated heterocycles. The van der Waals surface area contributed by atoms with Crippen molar-refractivity contribution in [1.29, 1.82) is 0 Å². The van der Waals surface area contributed by atoms with Crippen molar-refractivity contribution in [2.24, 2.45) is 0 Å². The monoisotopic (exact) mass is 422 g/mol. The van der Waals surface area contributed by atoms with Gasteiger partial charge < -0.3 is 9.47 Å². The number of nitrogens with zero attached hydrogens (tertiary/aromatic N) is 4. The molecule has 1 fully saturated rings. The van der Waals surface area contributed by atoms with Gasteiger partial charge in [0.1, 0.15) is 10.7 Å². The highest BCUT2D eigenvalue weighted by molar-refractivity contribution is 7.13. The standard InChI is InChI=1S/C21H18N4O4S/c26-19(10-14-4-5-17-18(9-14)29-13-28-17)24-7-2-8-25(24)21(27)16-12-30-20(23-16)15-3-1-6-22-11-15/h1,3-6,9,11-12H,2,7-8,10,13H2. The number of thiazole rings is 1. The number of carbonyl (C=O) groups excluding carboxylic acids is 2. The first kappa shape index (κ1) is 18.6. The molecular weight excluding hydrogens is 404 g/mol. The van der Waals surface area contributed by atoms with E-state index in [1.54, 1.807) is 23.8 Å². The van der Waals surface area contributed by atoms with E-state index in [-0.39, 0.29) is 25.0 Å². The Labute approximate surface area is 176 Å². The lowest BCUT2D eigenvalue weighted by atomic mass is 10.1. The van der Waals surface area contributed by atoms with Crippen LogP contribution < -0.4 is 9.47 Å². The average molecular weight is 422 g/mol. The molecule has 5 rings (SSSR count). The van der Waals surface area contributed by atoms with Gasteiger partial charge in [0.2, 0.25) is 12.7 Å². The van der Waals surface area contributed by atoms with Crippen molar-refractivity contribution in [3.63, 3.8) is 0 Å². The zero-order valence-electron chi connectivity index (χ0n) is 16.0. The molecule has 2 amide bonds. The Bertz CT molecular complexity index is 1100. The second-order valence-electron chi connectivity index (χ2n) is 6.94. The average Bonchev–Trinajstić information content (AvgIpc) is 3.54. The van der Waals surface area contributed by atoms with E-state index in [1.165, 1.54) is 21.4 Å². The first-order valence-corrected chi connectivity index (χ1v) is 10.4. The molecule has 8 nitrogen and oxygen atoms in total. The zero-order chi connectivity index (χ0) is 20.5. The van der Waals surface area contributed by atoms with Crippen LogP contribution >= 0.6 is 11.3 Å². The van der Waals surface area contributed by atoms with Crippen molar-refractivity contribution in [2.75, 3.05) is 19.9 Å². The molecular formula is C21H18N4O4S. The first-order valence-electron chi connectivity index (χ1n) is 9.55. The number of ether oxygens (including phenoxy) is 2. The third-order valence-electron chi connectivity index (χ3n) is 4.98. The summed E-state index contributed by atoms with van der Waals surface area (Å²) in [5.74, 6) is 0.914. The summed E-state index contributed by atoms with van der Waals surface area (Å²) >= 11 is 1.39. The van der Waals surface area contributed by atoms with E-state index in [2.05, 4.69) is 9.97 Å². The molecule has 3 aromatic rings. The molecule has 0 radical (unpaired) electrons. The predicted octanol–water partition coefficient (Wildman–Crippen LogP) is 2.77. The molecule has 4 heterocycles. The number of rotatable bonds is 4. The van der Waals surface area contributed by atoms with Crippen molar-refractivity contribution in [3.05, 3.63) is 59.4 Å². The third kappa shape index (κ3) is 3.48. The largest absolute Gasteiger partial charge is 0.454 e. The smallest absolute Gasteiger partial charge is 0.291 e. The van der Waals surface area contributed by atoms with Gasteiger partial charge in [0, 0.05) is 36.4 Å². The van der Waals surface area contributed by atoms with E-state index in [0.717, 1.165) is 22.6 Å². The Balaban J connectivity index is 1.30. The summed E-state index contributed by atoms with van der Waals surface area (Å²) in [4.78, 5) is 34.5. The molecule has 2 aliphatic heterocycles. The highest BCUT2D eigenvalue weighted by atomic mass is 32.1. The maximum Gasteiger partial charge on any atom is 0.291 e. The third-order valence-corrected chi connectivity index (χ3v) is 5.87. The highest BCUT2D eigenvalue weighted by Crippen LogP contribution is 2.33. The minimum Gasteiger partial charge on any atom is -0.454 e. The molecule has 0 spiro atoms. The molecule has 0 unspecified atom stereocenters. The summed E-state index contributed by atoms with van der Waals surface area (Å²) in [6, 6.07) is 9.18. The van der Waals surface area contributed by atoms with Gasteiger partial charge in [-0.2, -0.15) is 0 Å². The Hall–Kier alpha value is -3.46. The van der Waals surface area contributed by atoms with E-state index >= 15 is 0 Å². The number of hydrogen-bond donors (Lipinski definition) is 0. The second kappa shape index (κ2) is 7.75. The van der Waals surface area contributed by atoms with Crippen LogP contribution in [0.15, 0.2) is 48.1 Å². The number of pyridine rings is 1. The summed E-state index contributed by atoms with van der Waals surface area (Å²) in [6.07, 6.45) is 4.32. The molecule has 0 atom stereocenters. The van der Waals surface area contributed by atoms with Crippen LogP contribution in [0.2, 0.25) is 0 Å².